The van der Waals surface area contributed by atoms with Crippen molar-refractivity contribution in [3.05, 3.63) is 29.8 Å². The lowest BCUT2D eigenvalue weighted by Crippen LogP contribution is -2.38. The molecule has 1 aromatic carbocycles. The van der Waals surface area contributed by atoms with Crippen LogP contribution in [0.1, 0.15) is 32.4 Å². The maximum Gasteiger partial charge on any atom is 0.408 e. The molecule has 0 aliphatic carbocycles. The molecule has 0 fully saturated rings. The summed E-state index contributed by atoms with van der Waals surface area (Å²) in [4.78, 5) is 23.6. The molecular weight excluding hydrogens is 260 g/mol. The molecule has 0 spiro atoms. The summed E-state index contributed by atoms with van der Waals surface area (Å²) in [6, 6.07) is 5.69. The van der Waals surface area contributed by atoms with E-state index < -0.39 is 23.7 Å². The quantitative estimate of drug-likeness (QED) is 0.653. The molecule has 0 bridgehead atoms. The first kappa shape index (κ1) is 15.8. The van der Waals surface area contributed by atoms with Crippen LogP contribution in [0, 0.1) is 0 Å². The number of carbonyl (C=O) groups is 2. The van der Waals surface area contributed by atoms with Crippen molar-refractivity contribution in [2.24, 2.45) is 0 Å². The molecule has 20 heavy (non-hydrogen) atoms. The largest absolute Gasteiger partial charge is 0.467 e. The Kier molecular flexibility index (Phi) is 4.96. The molecule has 0 radical (unpaired) electrons. The molecule has 1 aromatic rings. The van der Waals surface area contributed by atoms with Crippen molar-refractivity contribution in [2.75, 3.05) is 12.8 Å². The van der Waals surface area contributed by atoms with Crippen LogP contribution in [-0.2, 0) is 14.3 Å². The Hall–Kier alpha value is -2.24. The zero-order chi connectivity index (χ0) is 15.3. The zero-order valence-corrected chi connectivity index (χ0v) is 12.1. The number of rotatable bonds is 3. The van der Waals surface area contributed by atoms with Crippen LogP contribution < -0.4 is 11.1 Å². The number of nitrogens with one attached hydrogen (secondary N) is 1. The molecular formula is C14H20N2O4. The van der Waals surface area contributed by atoms with Gasteiger partial charge in [0.2, 0.25) is 0 Å². The van der Waals surface area contributed by atoms with E-state index in [2.05, 4.69) is 10.1 Å². The lowest BCUT2D eigenvalue weighted by molar-refractivity contribution is -0.143. The fourth-order valence-corrected chi connectivity index (χ4v) is 1.56. The highest BCUT2D eigenvalue weighted by Gasteiger charge is 2.26. The molecule has 3 N–H and O–H groups in total. The number of hydrogen-bond acceptors (Lipinski definition) is 5. The molecule has 6 heteroatoms. The van der Waals surface area contributed by atoms with Crippen molar-refractivity contribution >= 4 is 17.7 Å². The van der Waals surface area contributed by atoms with Crippen LogP contribution in [0.3, 0.4) is 0 Å². The second-order valence-corrected chi connectivity index (χ2v) is 5.27. The Morgan fingerprint density at radius 1 is 1.30 bits per heavy atom. The van der Waals surface area contributed by atoms with Crippen molar-refractivity contribution in [1.82, 2.24) is 5.32 Å². The van der Waals surface area contributed by atoms with Crippen LogP contribution in [0.25, 0.3) is 0 Å². The van der Waals surface area contributed by atoms with Crippen LogP contribution in [0.2, 0.25) is 0 Å². The fraction of sp³-hybridized carbons (Fsp3) is 0.429. The summed E-state index contributed by atoms with van der Waals surface area (Å²) in [6.07, 6.45) is -0.699. The van der Waals surface area contributed by atoms with Crippen molar-refractivity contribution in [2.45, 2.75) is 32.4 Å². The first-order valence-electron chi connectivity index (χ1n) is 6.15. The summed E-state index contributed by atoms with van der Waals surface area (Å²) in [7, 11) is 1.25. The Bertz CT molecular complexity index is 494. The Balaban J connectivity index is 2.91. The normalized spacial score (nSPS) is 12.4. The van der Waals surface area contributed by atoms with Gasteiger partial charge in [0, 0.05) is 5.69 Å². The highest BCUT2D eigenvalue weighted by Crippen LogP contribution is 2.18. The smallest absolute Gasteiger partial charge is 0.408 e. The molecule has 110 valence electrons. The lowest BCUT2D eigenvalue weighted by atomic mass is 10.1. The predicted molar refractivity (Wildman–Crippen MR) is 75.0 cm³/mol. The molecule has 0 unspecified atom stereocenters. The molecule has 0 saturated carbocycles. The van der Waals surface area contributed by atoms with E-state index in [0.717, 1.165) is 0 Å². The van der Waals surface area contributed by atoms with Crippen molar-refractivity contribution < 1.29 is 19.1 Å². The molecule has 0 aromatic heterocycles. The van der Waals surface area contributed by atoms with Gasteiger partial charge in [0.05, 0.1) is 7.11 Å². The molecule has 0 heterocycles. The molecule has 0 aliphatic heterocycles. The third-order valence-corrected chi connectivity index (χ3v) is 2.34. The summed E-state index contributed by atoms with van der Waals surface area (Å²) in [5, 5.41) is 2.48. The van der Waals surface area contributed by atoms with Gasteiger partial charge in [0.1, 0.15) is 5.60 Å². The van der Waals surface area contributed by atoms with Gasteiger partial charge in [-0.1, -0.05) is 12.1 Å². The van der Waals surface area contributed by atoms with Crippen molar-refractivity contribution in [3.8, 4) is 0 Å². The van der Waals surface area contributed by atoms with E-state index in [9.17, 15) is 9.59 Å². The average Bonchev–Trinajstić information content (AvgIpc) is 2.33. The van der Waals surface area contributed by atoms with Gasteiger partial charge in [-0.05, 0) is 38.5 Å². The molecule has 0 saturated heterocycles. The second kappa shape index (κ2) is 6.27. The van der Waals surface area contributed by atoms with Gasteiger partial charge in [-0.15, -0.1) is 0 Å². The minimum Gasteiger partial charge on any atom is -0.467 e. The molecule has 0 aliphatic rings. The van der Waals surface area contributed by atoms with Crippen LogP contribution in [0.15, 0.2) is 24.3 Å². The maximum atomic E-state index is 11.8. The SMILES string of the molecule is COC(=O)[C@@H](NC(=O)OC(C)(C)C)c1cccc(N)c1. The van der Waals surface area contributed by atoms with E-state index in [0.29, 0.717) is 11.3 Å². The lowest BCUT2D eigenvalue weighted by Gasteiger charge is -2.22. The third kappa shape index (κ3) is 4.79. The molecule has 1 atom stereocenters. The van der Waals surface area contributed by atoms with Crippen molar-refractivity contribution in [3.63, 3.8) is 0 Å². The van der Waals surface area contributed by atoms with E-state index in [1.54, 1.807) is 45.0 Å². The van der Waals surface area contributed by atoms with Gasteiger partial charge >= 0.3 is 12.1 Å². The number of esters is 1. The summed E-state index contributed by atoms with van der Waals surface area (Å²) in [6.45, 7) is 5.21. The van der Waals surface area contributed by atoms with E-state index in [1.807, 2.05) is 0 Å². The minimum atomic E-state index is -0.960. The Morgan fingerprint density at radius 2 is 1.95 bits per heavy atom. The number of anilines is 1. The van der Waals surface area contributed by atoms with E-state index in [4.69, 9.17) is 10.5 Å². The van der Waals surface area contributed by atoms with Gasteiger partial charge < -0.3 is 20.5 Å². The van der Waals surface area contributed by atoms with Gasteiger partial charge in [-0.25, -0.2) is 9.59 Å². The van der Waals surface area contributed by atoms with Crippen LogP contribution in [-0.4, -0.2) is 24.8 Å². The predicted octanol–water partition coefficient (Wildman–Crippen LogP) is 2.01. The number of amides is 1. The number of nitrogen functional groups attached to an aromatic ring is 1. The van der Waals surface area contributed by atoms with Gasteiger partial charge in [0.15, 0.2) is 6.04 Å². The van der Waals surface area contributed by atoms with E-state index in [-0.39, 0.29) is 0 Å². The molecule has 6 nitrogen and oxygen atoms in total. The van der Waals surface area contributed by atoms with Crippen LogP contribution in [0.5, 0.6) is 0 Å². The van der Waals surface area contributed by atoms with Gasteiger partial charge in [0.25, 0.3) is 0 Å². The second-order valence-electron chi connectivity index (χ2n) is 5.27. The fourth-order valence-electron chi connectivity index (χ4n) is 1.56. The monoisotopic (exact) mass is 280 g/mol. The first-order chi connectivity index (χ1) is 9.23. The summed E-state index contributed by atoms with van der Waals surface area (Å²) in [5.41, 5.74) is 6.04. The standard InChI is InChI=1S/C14H20N2O4/c1-14(2,3)20-13(18)16-11(12(17)19-4)9-6-5-7-10(15)8-9/h5-8,11H,15H2,1-4H3,(H,16,18)/t11-/m0/s1. The average molecular weight is 280 g/mol. The zero-order valence-electron chi connectivity index (χ0n) is 12.1. The van der Waals surface area contributed by atoms with Gasteiger partial charge in [-0.3, -0.25) is 0 Å². The maximum absolute atomic E-state index is 11.8. The van der Waals surface area contributed by atoms with E-state index >= 15 is 0 Å². The number of hydrogen-bond donors (Lipinski definition) is 2. The molecule has 1 amide bonds. The third-order valence-electron chi connectivity index (χ3n) is 2.34. The summed E-state index contributed by atoms with van der Waals surface area (Å²) < 4.78 is 9.81. The van der Waals surface area contributed by atoms with E-state index in [1.165, 1.54) is 7.11 Å². The number of nitrogens with two attached hydrogens (primary N) is 1. The topological polar surface area (TPSA) is 90.6 Å². The summed E-state index contributed by atoms with van der Waals surface area (Å²) in [5.74, 6) is -0.596. The molecule has 1 rings (SSSR count). The number of benzene rings is 1. The number of methoxy groups -OCH3 is 1. The van der Waals surface area contributed by atoms with Crippen LogP contribution in [0.4, 0.5) is 10.5 Å². The Labute approximate surface area is 118 Å². The van der Waals surface area contributed by atoms with Crippen LogP contribution >= 0.6 is 0 Å². The Morgan fingerprint density at radius 3 is 2.45 bits per heavy atom. The first-order valence-corrected chi connectivity index (χ1v) is 6.15. The van der Waals surface area contributed by atoms with Crippen molar-refractivity contribution in [1.29, 1.82) is 0 Å². The van der Waals surface area contributed by atoms with Gasteiger partial charge in [-0.2, -0.15) is 0 Å². The number of carbonyl (C=O) groups excluding carboxylic acids is 2. The highest BCUT2D eigenvalue weighted by atomic mass is 16.6. The number of ether oxygens (including phenoxy) is 2. The number of alkyl carbamates (subject to hydrolysis) is 1. The highest BCUT2D eigenvalue weighted by molar-refractivity contribution is 5.83. The minimum absolute atomic E-state index is 0.488. The summed E-state index contributed by atoms with van der Waals surface area (Å²) >= 11 is 0.